The van der Waals surface area contributed by atoms with E-state index in [1.165, 1.54) is 4.90 Å². The Balaban J connectivity index is 1.47. The molecule has 5 heterocycles. The molecule has 0 radical (unpaired) electrons. The van der Waals surface area contributed by atoms with Gasteiger partial charge in [-0.25, -0.2) is 4.98 Å². The second kappa shape index (κ2) is 9.70. The Kier molecular flexibility index (Phi) is 6.23. The molecule has 3 aromatic heterocycles. The average molecular weight is 504 g/mol. The van der Waals surface area contributed by atoms with Crippen LogP contribution < -0.4 is 4.74 Å². The third-order valence-electron chi connectivity index (χ3n) is 7.25. The van der Waals surface area contributed by atoms with Gasteiger partial charge < -0.3 is 24.6 Å². The third kappa shape index (κ3) is 4.41. The van der Waals surface area contributed by atoms with Crippen molar-refractivity contribution in [3.63, 3.8) is 0 Å². The van der Waals surface area contributed by atoms with Gasteiger partial charge in [-0.3, -0.25) is 14.9 Å². The number of carbonyl (C=O) groups excluding carboxylic acids is 1. The number of ether oxygens (including phenoxy) is 2. The van der Waals surface area contributed by atoms with Gasteiger partial charge in [0.05, 0.1) is 37.1 Å². The van der Waals surface area contributed by atoms with Crippen molar-refractivity contribution < 1.29 is 24.5 Å². The number of nitrogens with one attached hydrogen (secondary N) is 1. The normalized spacial score (nSPS) is 17.8. The van der Waals surface area contributed by atoms with E-state index in [1.54, 1.807) is 0 Å². The Morgan fingerprint density at radius 1 is 1.24 bits per heavy atom. The minimum atomic E-state index is -1.41. The van der Waals surface area contributed by atoms with E-state index in [4.69, 9.17) is 19.6 Å². The van der Waals surface area contributed by atoms with Crippen LogP contribution in [0.3, 0.4) is 0 Å². The van der Waals surface area contributed by atoms with Crippen LogP contribution in [0, 0.1) is 6.92 Å². The molecule has 2 fully saturated rings. The van der Waals surface area contributed by atoms with Crippen molar-refractivity contribution in [2.75, 3.05) is 32.9 Å². The van der Waals surface area contributed by atoms with Gasteiger partial charge in [0.25, 0.3) is 5.91 Å². The number of aromatic amines is 1. The van der Waals surface area contributed by atoms with Crippen molar-refractivity contribution >= 4 is 27.6 Å². The molecular formula is C27H29N5O5. The molecule has 10 heteroatoms. The summed E-state index contributed by atoms with van der Waals surface area (Å²) >= 11 is 0. The average Bonchev–Trinajstić information content (AvgIpc) is 3.36. The standard InChI is InChI=1S/C27H29N5O5/c1-15-8-17(2-5-28-15)24-20-9-18-11-29-31-22(18)10-21(20)26(30-25(24)16-3-6-36-7-4-16)37-19-12-32(13-19)27(35)23(34)14-33/h2,5,8-11,16,19,23,33-34H,3-4,6-7,12-14H2,1H3,(H,29,31)/t23-/m0/s1. The minimum absolute atomic E-state index is 0.211. The number of carbonyl (C=O) groups is 1. The van der Waals surface area contributed by atoms with Crippen LogP contribution in [0.2, 0.25) is 0 Å². The highest BCUT2D eigenvalue weighted by atomic mass is 16.5. The zero-order chi connectivity index (χ0) is 25.5. The van der Waals surface area contributed by atoms with Crippen molar-refractivity contribution in [1.82, 2.24) is 25.1 Å². The molecule has 0 aliphatic carbocycles. The van der Waals surface area contributed by atoms with Crippen molar-refractivity contribution in [1.29, 1.82) is 0 Å². The van der Waals surface area contributed by atoms with Gasteiger partial charge in [-0.15, -0.1) is 0 Å². The maximum atomic E-state index is 12.2. The molecule has 1 aromatic carbocycles. The molecule has 2 saturated heterocycles. The molecule has 0 bridgehead atoms. The number of rotatable bonds is 6. The monoisotopic (exact) mass is 503 g/mol. The molecule has 3 N–H and O–H groups in total. The van der Waals surface area contributed by atoms with E-state index < -0.39 is 18.6 Å². The minimum Gasteiger partial charge on any atom is -0.470 e. The second-order valence-corrected chi connectivity index (χ2v) is 9.79. The van der Waals surface area contributed by atoms with Gasteiger partial charge in [0.15, 0.2) is 6.10 Å². The molecule has 192 valence electrons. The number of aliphatic hydroxyl groups is 2. The van der Waals surface area contributed by atoms with Crippen LogP contribution >= 0.6 is 0 Å². The number of likely N-dealkylation sites (tertiary alicyclic amines) is 1. The summed E-state index contributed by atoms with van der Waals surface area (Å²) in [5.74, 6) is 0.233. The molecule has 2 aliphatic heterocycles. The zero-order valence-electron chi connectivity index (χ0n) is 20.6. The van der Waals surface area contributed by atoms with Gasteiger partial charge in [-0.2, -0.15) is 5.10 Å². The summed E-state index contributed by atoms with van der Waals surface area (Å²) in [6, 6.07) is 8.25. The second-order valence-electron chi connectivity index (χ2n) is 9.79. The van der Waals surface area contributed by atoms with Gasteiger partial charge >= 0.3 is 0 Å². The lowest BCUT2D eigenvalue weighted by Crippen LogP contribution is -2.59. The molecule has 4 aromatic rings. The fourth-order valence-electron chi connectivity index (χ4n) is 5.24. The topological polar surface area (TPSA) is 134 Å². The molecule has 1 amide bonds. The number of pyridine rings is 2. The lowest BCUT2D eigenvalue weighted by molar-refractivity contribution is -0.151. The van der Waals surface area contributed by atoms with Crippen LogP contribution in [0.1, 0.15) is 30.1 Å². The lowest BCUT2D eigenvalue weighted by atomic mass is 9.87. The lowest BCUT2D eigenvalue weighted by Gasteiger charge is -2.39. The summed E-state index contributed by atoms with van der Waals surface area (Å²) in [6.45, 7) is 3.40. The molecular weight excluding hydrogens is 474 g/mol. The predicted molar refractivity (Wildman–Crippen MR) is 136 cm³/mol. The number of aliphatic hydroxyl groups excluding tert-OH is 2. The van der Waals surface area contributed by atoms with Crippen molar-refractivity contribution in [2.24, 2.45) is 0 Å². The molecule has 10 nitrogen and oxygen atoms in total. The molecule has 0 saturated carbocycles. The highest BCUT2D eigenvalue weighted by Crippen LogP contribution is 2.43. The number of fused-ring (bicyclic) bond motifs is 2. The van der Waals surface area contributed by atoms with E-state index in [0.717, 1.165) is 57.0 Å². The van der Waals surface area contributed by atoms with Crippen LogP contribution in [-0.2, 0) is 9.53 Å². The van der Waals surface area contributed by atoms with Crippen molar-refractivity contribution in [3.8, 4) is 17.0 Å². The fourth-order valence-corrected chi connectivity index (χ4v) is 5.24. The first-order valence-corrected chi connectivity index (χ1v) is 12.6. The maximum absolute atomic E-state index is 12.2. The summed E-state index contributed by atoms with van der Waals surface area (Å²) < 4.78 is 12.0. The smallest absolute Gasteiger partial charge is 0.254 e. The number of benzene rings is 1. The molecule has 6 rings (SSSR count). The third-order valence-corrected chi connectivity index (χ3v) is 7.25. The first-order valence-electron chi connectivity index (χ1n) is 12.6. The summed E-state index contributed by atoms with van der Waals surface area (Å²) in [5.41, 5.74) is 4.91. The van der Waals surface area contributed by atoms with Gasteiger partial charge in [-0.05, 0) is 55.0 Å². The van der Waals surface area contributed by atoms with Gasteiger partial charge in [-0.1, -0.05) is 0 Å². The van der Waals surface area contributed by atoms with Crippen LogP contribution in [0.4, 0.5) is 0 Å². The molecule has 0 spiro atoms. The van der Waals surface area contributed by atoms with Crippen LogP contribution in [0.25, 0.3) is 32.8 Å². The van der Waals surface area contributed by atoms with Crippen LogP contribution in [-0.4, -0.2) is 86.3 Å². The number of aromatic nitrogens is 4. The van der Waals surface area contributed by atoms with E-state index in [0.29, 0.717) is 32.2 Å². The predicted octanol–water partition coefficient (Wildman–Crippen LogP) is 2.32. The Bertz CT molecular complexity index is 1460. The van der Waals surface area contributed by atoms with Gasteiger partial charge in [0.1, 0.15) is 6.10 Å². The molecule has 37 heavy (non-hydrogen) atoms. The van der Waals surface area contributed by atoms with E-state index in [-0.39, 0.29) is 12.0 Å². The van der Waals surface area contributed by atoms with Gasteiger partial charge in [0.2, 0.25) is 5.88 Å². The summed E-state index contributed by atoms with van der Waals surface area (Å²) in [7, 11) is 0. The number of aryl methyl sites for hydroxylation is 1. The highest BCUT2D eigenvalue weighted by molar-refractivity contribution is 6.06. The Labute approximate surface area is 213 Å². The van der Waals surface area contributed by atoms with E-state index in [9.17, 15) is 9.90 Å². The van der Waals surface area contributed by atoms with E-state index in [1.807, 2.05) is 31.5 Å². The summed E-state index contributed by atoms with van der Waals surface area (Å²) in [6.07, 6.45) is 3.71. The largest absolute Gasteiger partial charge is 0.470 e. The summed E-state index contributed by atoms with van der Waals surface area (Å²) in [4.78, 5) is 23.2. The number of H-pyrrole nitrogens is 1. The highest BCUT2D eigenvalue weighted by Gasteiger charge is 2.36. The first kappa shape index (κ1) is 23.8. The summed E-state index contributed by atoms with van der Waals surface area (Å²) in [5, 5.41) is 28.9. The Morgan fingerprint density at radius 2 is 2.05 bits per heavy atom. The van der Waals surface area contributed by atoms with E-state index in [2.05, 4.69) is 27.3 Å². The SMILES string of the molecule is Cc1cc(-c2c(C3CCOCC3)nc(OC3CN(C(=O)[C@@H](O)CO)C3)c3cc4[nH]ncc4cc23)ccn1. The number of amides is 1. The maximum Gasteiger partial charge on any atom is 0.254 e. The van der Waals surface area contributed by atoms with Crippen molar-refractivity contribution in [3.05, 3.63) is 48.0 Å². The Morgan fingerprint density at radius 3 is 2.81 bits per heavy atom. The number of nitrogens with zero attached hydrogens (tertiary/aromatic N) is 4. The van der Waals surface area contributed by atoms with Crippen LogP contribution in [0.5, 0.6) is 5.88 Å². The number of hydrogen-bond donors (Lipinski definition) is 3. The van der Waals surface area contributed by atoms with Gasteiger partial charge in [0, 0.05) is 47.4 Å². The van der Waals surface area contributed by atoms with E-state index >= 15 is 0 Å². The molecule has 1 atom stereocenters. The Hall–Kier alpha value is -3.60. The molecule has 2 aliphatic rings. The zero-order valence-corrected chi connectivity index (χ0v) is 20.6. The quantitative estimate of drug-likeness (QED) is 0.365. The van der Waals surface area contributed by atoms with Crippen LogP contribution in [0.15, 0.2) is 36.7 Å². The fraction of sp³-hybridized carbons (Fsp3) is 0.407. The van der Waals surface area contributed by atoms with Crippen molar-refractivity contribution in [2.45, 2.75) is 37.9 Å². The number of hydrogen-bond acceptors (Lipinski definition) is 8. The first-order chi connectivity index (χ1) is 18.0. The molecule has 0 unspecified atom stereocenters.